The van der Waals surface area contributed by atoms with Gasteiger partial charge in [-0.2, -0.15) is 0 Å². The standard InChI is InChI=1S/C58H74N7O20P.Na/c1-5-6-7-24-84-39-20-16-35(17-21-39)33-10-8-32(9-11-33)34-12-14-37(15-13-34)51(73)59-41-26-43(69)54(76)63-56(78)47-48(70)29(2)27-65(47)58(80)45(31(4)67)61-55(77)46(50(72)49(71)36-18-22-40(23-19-36)85-86(81,82)83)62-53(75)42-25-38(68)28-64(42)57(79)44(30(3)66)60-52(41)74;/h8-23,29-31,38,41-50,54,66-72,76H,5-7,24-28H2,1-4H3,(H,59,73)(H,60,74)(H,61,77)(H,62,75)(H,63,78)(H2,81,82,83);/q;+1/p-1/t29-,30+,31+,38+,41-,42-,43+,44-,45-,46-,47-,48-,49-,50-,54+;/m0./s1. The molecule has 0 bridgehead atoms. The first kappa shape index (κ1) is 69.7. The van der Waals surface area contributed by atoms with Gasteiger partial charge in [-0.05, 0) is 84.5 Å². The summed E-state index contributed by atoms with van der Waals surface area (Å²) in [5.41, 5.74) is 3.11. The predicted octanol–water partition coefficient (Wildman–Crippen LogP) is -4.79. The Morgan fingerprint density at radius 1 is 0.667 bits per heavy atom. The SMILES string of the molecule is CCCCCOc1ccc(-c2ccc(-c3ccc(C(=O)N[C@H]4C[C@@H](O)[C@@H](O)NC(=O)[C@@H]5[C@@H](O)[C@@H](C)CN5C(=O)[C@H]([C@@H](C)O)NC(=O)[C@H]([C@H](O)[C@@H](O)c5ccc(OP(=O)([O-])O)cc5)NC(=O)[C@@H]5C[C@@H](O)CN5C(=O)[C@H]([C@@H](C)O)NC4=O)cc3)cc2)cc1.[Na+]. The van der Waals surface area contributed by atoms with Gasteiger partial charge in [0.1, 0.15) is 66.1 Å². The topological polar surface area (TPSA) is 427 Å². The van der Waals surface area contributed by atoms with E-state index in [4.69, 9.17) is 9.63 Å². The van der Waals surface area contributed by atoms with Gasteiger partial charge < -0.3 is 96.3 Å². The monoisotopic (exact) mass is 1240 g/mol. The fourth-order valence-electron chi connectivity index (χ4n) is 10.4. The Morgan fingerprint density at radius 3 is 1.71 bits per heavy atom. The van der Waals surface area contributed by atoms with Crippen molar-refractivity contribution in [3.63, 3.8) is 0 Å². The van der Waals surface area contributed by atoms with Crippen LogP contribution < -0.4 is 70.3 Å². The molecular weight excluding hydrogens is 1170 g/mol. The number of hydrogen-bond acceptors (Lipinski definition) is 19. The number of rotatable bonds is 16. The van der Waals surface area contributed by atoms with Gasteiger partial charge in [-0.3, -0.25) is 38.1 Å². The Balaban J connectivity index is 0.0000121. The minimum absolute atomic E-state index is 0. The van der Waals surface area contributed by atoms with Gasteiger partial charge in [-0.15, -0.1) is 0 Å². The van der Waals surface area contributed by atoms with Crippen molar-refractivity contribution in [3.8, 4) is 33.8 Å². The van der Waals surface area contributed by atoms with Crippen molar-refractivity contribution in [2.75, 3.05) is 19.7 Å². The van der Waals surface area contributed by atoms with E-state index in [1.807, 2.05) is 48.5 Å². The number of unbranched alkanes of at least 4 members (excludes halogenated alkanes) is 2. The molecule has 87 heavy (non-hydrogen) atoms. The number of phosphoric acid groups is 1. The summed E-state index contributed by atoms with van der Waals surface area (Å²) in [6.07, 6.45) is -14.3. The van der Waals surface area contributed by atoms with Crippen LogP contribution in [-0.4, -0.2) is 196 Å². The number of hydrogen-bond donors (Lipinski definition) is 14. The number of nitrogens with one attached hydrogen (secondary N) is 5. The Bertz CT molecular complexity index is 3090. The van der Waals surface area contributed by atoms with Crippen LogP contribution in [0.15, 0.2) is 97.1 Å². The molecular formula is C58H73N7NaO20P. The second-order valence-corrected chi connectivity index (χ2v) is 22.9. The van der Waals surface area contributed by atoms with Crippen molar-refractivity contribution in [2.24, 2.45) is 5.92 Å². The van der Waals surface area contributed by atoms with E-state index in [-0.39, 0.29) is 40.7 Å². The Hall–Kier alpha value is -6.40. The number of benzene rings is 4. The minimum Gasteiger partial charge on any atom is -0.746 e. The van der Waals surface area contributed by atoms with Crippen LogP contribution in [0.2, 0.25) is 0 Å². The average Bonchev–Trinajstić information content (AvgIpc) is 2.40. The van der Waals surface area contributed by atoms with Crippen LogP contribution in [-0.2, 0) is 33.3 Å². The molecule has 0 saturated carbocycles. The summed E-state index contributed by atoms with van der Waals surface area (Å²) in [7, 11) is -5.31. The molecule has 4 aromatic rings. The normalized spacial score (nSPS) is 27.2. The average molecular weight is 1240 g/mol. The Labute approximate surface area is 523 Å². The summed E-state index contributed by atoms with van der Waals surface area (Å²) in [6.45, 7) is 5.26. The van der Waals surface area contributed by atoms with Crippen LogP contribution in [0.25, 0.3) is 22.3 Å². The van der Waals surface area contributed by atoms with E-state index in [1.165, 1.54) is 19.1 Å². The molecule has 466 valence electrons. The summed E-state index contributed by atoms with van der Waals surface area (Å²) >= 11 is 0. The van der Waals surface area contributed by atoms with Crippen molar-refractivity contribution < 1.29 is 128 Å². The third-order valence-electron chi connectivity index (χ3n) is 15.2. The number of phosphoric ester groups is 1. The van der Waals surface area contributed by atoms with E-state index < -0.39 is 172 Å². The molecule has 29 heteroatoms. The first-order valence-electron chi connectivity index (χ1n) is 28.0. The summed E-state index contributed by atoms with van der Waals surface area (Å²) < 4.78 is 21.6. The van der Waals surface area contributed by atoms with Crippen molar-refractivity contribution in [1.82, 2.24) is 36.4 Å². The maximum absolute atomic E-state index is 14.5. The van der Waals surface area contributed by atoms with Crippen LogP contribution >= 0.6 is 7.82 Å². The van der Waals surface area contributed by atoms with Gasteiger partial charge in [0.15, 0.2) is 6.23 Å². The molecule has 3 saturated heterocycles. The molecule has 0 aliphatic carbocycles. The van der Waals surface area contributed by atoms with Crippen LogP contribution in [0, 0.1) is 5.92 Å². The number of aliphatic hydroxyl groups is 8. The third-order valence-corrected chi connectivity index (χ3v) is 15.7. The number of ether oxygens (including phenoxy) is 1. The molecule has 7 amide bonds. The molecule has 3 heterocycles. The van der Waals surface area contributed by atoms with E-state index in [1.54, 1.807) is 12.1 Å². The molecule has 16 atom stereocenters. The van der Waals surface area contributed by atoms with Gasteiger partial charge in [-0.1, -0.05) is 87.4 Å². The molecule has 3 aliphatic heterocycles. The van der Waals surface area contributed by atoms with Crippen molar-refractivity contribution in [1.29, 1.82) is 0 Å². The van der Waals surface area contributed by atoms with E-state index >= 15 is 0 Å². The number of aliphatic hydroxyl groups excluding tert-OH is 8. The van der Waals surface area contributed by atoms with Gasteiger partial charge in [0.2, 0.25) is 35.4 Å². The summed E-state index contributed by atoms with van der Waals surface area (Å²) in [5, 5.41) is 102. The first-order valence-corrected chi connectivity index (χ1v) is 29.5. The summed E-state index contributed by atoms with van der Waals surface area (Å²) in [6, 6.07) is 13.4. The van der Waals surface area contributed by atoms with Crippen LogP contribution in [0.5, 0.6) is 11.5 Å². The Morgan fingerprint density at radius 2 is 1.17 bits per heavy atom. The number of amides is 7. The number of fused-ring (bicyclic) bond motifs is 2. The molecule has 14 N–H and O–H groups in total. The third kappa shape index (κ3) is 17.7. The summed E-state index contributed by atoms with van der Waals surface area (Å²) in [4.78, 5) is 122. The quantitative estimate of drug-likeness (QED) is 0.0284. The van der Waals surface area contributed by atoms with E-state index in [0.717, 1.165) is 89.6 Å². The molecule has 1 unspecified atom stereocenters. The molecule has 0 aromatic heterocycles. The van der Waals surface area contributed by atoms with Crippen molar-refractivity contribution in [2.45, 2.75) is 145 Å². The van der Waals surface area contributed by atoms with Gasteiger partial charge in [-0.25, -0.2) is 0 Å². The molecule has 7 rings (SSSR count). The van der Waals surface area contributed by atoms with E-state index in [0.29, 0.717) is 12.2 Å². The summed E-state index contributed by atoms with van der Waals surface area (Å²) in [5.74, 6) is -9.30. The zero-order valence-electron chi connectivity index (χ0n) is 48.4. The fraction of sp³-hybridized carbons (Fsp3) is 0.466. The van der Waals surface area contributed by atoms with Crippen LogP contribution in [0.3, 0.4) is 0 Å². The van der Waals surface area contributed by atoms with E-state index in [9.17, 15) is 83.9 Å². The van der Waals surface area contributed by atoms with E-state index in [2.05, 4.69) is 38.0 Å². The number of carbonyl (C=O) groups is 7. The maximum Gasteiger partial charge on any atom is 1.00 e. The largest absolute Gasteiger partial charge is 1.00 e. The van der Waals surface area contributed by atoms with Crippen molar-refractivity contribution >= 4 is 49.2 Å². The minimum atomic E-state index is -5.31. The first-order chi connectivity index (χ1) is 40.6. The number of carbonyl (C=O) groups excluding carboxylic acids is 7. The Kier molecular flexibility index (Phi) is 24.6. The van der Waals surface area contributed by atoms with Crippen molar-refractivity contribution in [3.05, 3.63) is 108 Å². The van der Waals surface area contributed by atoms with Gasteiger partial charge in [0.05, 0.1) is 31.0 Å². The van der Waals surface area contributed by atoms with Gasteiger partial charge in [0.25, 0.3) is 5.91 Å². The smallest absolute Gasteiger partial charge is 0.746 e. The zero-order valence-corrected chi connectivity index (χ0v) is 51.3. The van der Waals surface area contributed by atoms with Gasteiger partial charge >= 0.3 is 37.4 Å². The molecule has 3 aliphatic rings. The second-order valence-electron chi connectivity index (χ2n) is 21.8. The molecule has 27 nitrogen and oxygen atoms in total. The maximum atomic E-state index is 14.5. The second kappa shape index (κ2) is 30.7. The van der Waals surface area contributed by atoms with Gasteiger partial charge in [0, 0.05) is 37.4 Å². The zero-order chi connectivity index (χ0) is 62.9. The van der Waals surface area contributed by atoms with Crippen LogP contribution in [0.4, 0.5) is 0 Å². The fourth-order valence-corrected chi connectivity index (χ4v) is 10.8. The molecule has 3 fully saturated rings. The number of nitrogens with zero attached hydrogens (tertiary/aromatic N) is 2. The molecule has 0 spiro atoms. The predicted molar refractivity (Wildman–Crippen MR) is 302 cm³/mol. The molecule has 4 aromatic carbocycles. The van der Waals surface area contributed by atoms with Crippen LogP contribution in [0.1, 0.15) is 81.8 Å². The molecule has 0 radical (unpaired) electrons.